The molecule has 0 saturated carbocycles. The highest BCUT2D eigenvalue weighted by Crippen LogP contribution is 2.21. The standard InChI is InChI=1S/C13H14N4O2S/c1-4-9-15-12(19-16-9)8(3)17-6-14-10-7(2)5-20-11(10)13(17)18/h5-6,8H,4H2,1-3H3. The third-order valence-corrected chi connectivity index (χ3v) is 4.33. The summed E-state index contributed by atoms with van der Waals surface area (Å²) in [6.45, 7) is 5.75. The van der Waals surface area contributed by atoms with E-state index in [4.69, 9.17) is 4.52 Å². The van der Waals surface area contributed by atoms with Crippen LogP contribution < -0.4 is 5.56 Å². The summed E-state index contributed by atoms with van der Waals surface area (Å²) in [5.41, 5.74) is 1.72. The lowest BCUT2D eigenvalue weighted by molar-refractivity contribution is 0.339. The van der Waals surface area contributed by atoms with Crippen LogP contribution in [0, 0.1) is 6.92 Å². The minimum atomic E-state index is -0.324. The van der Waals surface area contributed by atoms with Crippen LogP contribution in [0.3, 0.4) is 0 Å². The molecule has 0 fully saturated rings. The van der Waals surface area contributed by atoms with Crippen molar-refractivity contribution < 1.29 is 4.52 Å². The van der Waals surface area contributed by atoms with E-state index in [2.05, 4.69) is 15.1 Å². The number of hydrogen-bond acceptors (Lipinski definition) is 6. The van der Waals surface area contributed by atoms with Crippen LogP contribution in [0.5, 0.6) is 0 Å². The molecule has 3 aromatic rings. The van der Waals surface area contributed by atoms with Crippen LogP contribution in [0.2, 0.25) is 0 Å². The summed E-state index contributed by atoms with van der Waals surface area (Å²) < 4.78 is 7.39. The van der Waals surface area contributed by atoms with Crippen LogP contribution in [-0.4, -0.2) is 19.7 Å². The van der Waals surface area contributed by atoms with Gasteiger partial charge in [0.2, 0.25) is 5.89 Å². The van der Waals surface area contributed by atoms with Crippen molar-refractivity contribution in [3.63, 3.8) is 0 Å². The molecular formula is C13H14N4O2S. The second-order valence-electron chi connectivity index (χ2n) is 4.63. The molecule has 7 heteroatoms. The molecule has 6 nitrogen and oxygen atoms in total. The molecule has 3 rings (SSSR count). The molecule has 3 aromatic heterocycles. The molecule has 0 aromatic carbocycles. The van der Waals surface area contributed by atoms with Crippen molar-refractivity contribution in [2.24, 2.45) is 0 Å². The number of aryl methyl sites for hydroxylation is 2. The zero-order valence-corrected chi connectivity index (χ0v) is 12.3. The van der Waals surface area contributed by atoms with Crippen LogP contribution in [-0.2, 0) is 6.42 Å². The molecule has 0 aliphatic rings. The zero-order chi connectivity index (χ0) is 14.3. The zero-order valence-electron chi connectivity index (χ0n) is 11.5. The smallest absolute Gasteiger partial charge is 0.272 e. The number of thiophene rings is 1. The van der Waals surface area contributed by atoms with E-state index in [1.165, 1.54) is 15.9 Å². The maximum atomic E-state index is 12.5. The van der Waals surface area contributed by atoms with Crippen LogP contribution in [0.4, 0.5) is 0 Å². The topological polar surface area (TPSA) is 73.8 Å². The van der Waals surface area contributed by atoms with Crippen molar-refractivity contribution in [3.05, 3.63) is 39.3 Å². The monoisotopic (exact) mass is 290 g/mol. The highest BCUT2D eigenvalue weighted by Gasteiger charge is 2.19. The van der Waals surface area contributed by atoms with E-state index in [1.807, 2.05) is 26.2 Å². The second-order valence-corrected chi connectivity index (χ2v) is 5.51. The third kappa shape index (κ3) is 1.94. The summed E-state index contributed by atoms with van der Waals surface area (Å²) in [5.74, 6) is 1.07. The van der Waals surface area contributed by atoms with Crippen LogP contribution in [0.25, 0.3) is 10.2 Å². The molecule has 0 amide bonds. The number of aromatic nitrogens is 4. The van der Waals surface area contributed by atoms with E-state index in [0.29, 0.717) is 22.8 Å². The molecule has 3 heterocycles. The van der Waals surface area contributed by atoms with Crippen LogP contribution >= 0.6 is 11.3 Å². The summed E-state index contributed by atoms with van der Waals surface area (Å²) in [7, 11) is 0. The third-order valence-electron chi connectivity index (χ3n) is 3.26. The lowest BCUT2D eigenvalue weighted by Gasteiger charge is -2.09. The van der Waals surface area contributed by atoms with E-state index in [-0.39, 0.29) is 11.6 Å². The number of fused-ring (bicyclic) bond motifs is 1. The molecule has 0 aliphatic heterocycles. The molecule has 0 spiro atoms. The quantitative estimate of drug-likeness (QED) is 0.740. The molecular weight excluding hydrogens is 276 g/mol. The minimum Gasteiger partial charge on any atom is -0.337 e. The fraction of sp³-hybridized carbons (Fsp3) is 0.385. The lowest BCUT2D eigenvalue weighted by atomic mass is 10.3. The van der Waals surface area contributed by atoms with E-state index in [1.54, 1.807) is 6.33 Å². The Morgan fingerprint density at radius 1 is 1.50 bits per heavy atom. The molecule has 0 saturated heterocycles. The Kier molecular flexibility index (Phi) is 3.13. The average Bonchev–Trinajstić information content (AvgIpc) is 3.06. The summed E-state index contributed by atoms with van der Waals surface area (Å²) in [4.78, 5) is 21.1. The molecule has 1 atom stereocenters. The van der Waals surface area contributed by atoms with E-state index < -0.39 is 0 Å². The van der Waals surface area contributed by atoms with Gasteiger partial charge in [-0.3, -0.25) is 9.36 Å². The van der Waals surface area contributed by atoms with Gasteiger partial charge in [0.15, 0.2) is 5.82 Å². The van der Waals surface area contributed by atoms with Gasteiger partial charge in [-0.2, -0.15) is 4.98 Å². The largest absolute Gasteiger partial charge is 0.337 e. The first-order valence-electron chi connectivity index (χ1n) is 6.39. The van der Waals surface area contributed by atoms with Gasteiger partial charge in [-0.05, 0) is 24.8 Å². The van der Waals surface area contributed by atoms with Crippen molar-refractivity contribution in [2.45, 2.75) is 33.2 Å². The Balaban J connectivity index is 2.09. The first-order chi connectivity index (χ1) is 9.61. The highest BCUT2D eigenvalue weighted by atomic mass is 32.1. The van der Waals surface area contributed by atoms with Crippen molar-refractivity contribution in [1.29, 1.82) is 0 Å². The summed E-state index contributed by atoms with van der Waals surface area (Å²) in [6.07, 6.45) is 2.25. The van der Waals surface area contributed by atoms with Crippen LogP contribution in [0.15, 0.2) is 21.0 Å². The predicted molar refractivity (Wildman–Crippen MR) is 76.1 cm³/mol. The maximum absolute atomic E-state index is 12.5. The molecule has 0 radical (unpaired) electrons. The molecule has 20 heavy (non-hydrogen) atoms. The summed E-state index contributed by atoms with van der Waals surface area (Å²) in [6, 6.07) is -0.324. The van der Waals surface area contributed by atoms with Gasteiger partial charge >= 0.3 is 0 Å². The molecule has 0 aliphatic carbocycles. The van der Waals surface area contributed by atoms with E-state index >= 15 is 0 Å². The molecule has 0 N–H and O–H groups in total. The fourth-order valence-corrected chi connectivity index (χ4v) is 2.95. The Bertz CT molecular complexity index is 817. The van der Waals surface area contributed by atoms with Gasteiger partial charge < -0.3 is 4.52 Å². The fourth-order valence-electron chi connectivity index (χ4n) is 2.02. The first-order valence-corrected chi connectivity index (χ1v) is 7.27. The van der Waals surface area contributed by atoms with Gasteiger partial charge in [-0.1, -0.05) is 12.1 Å². The van der Waals surface area contributed by atoms with Crippen LogP contribution in [0.1, 0.15) is 37.2 Å². The van der Waals surface area contributed by atoms with Gasteiger partial charge in [0.25, 0.3) is 5.56 Å². The lowest BCUT2D eigenvalue weighted by Crippen LogP contribution is -2.24. The number of nitrogens with zero attached hydrogens (tertiary/aromatic N) is 4. The normalized spacial score (nSPS) is 12.9. The molecule has 104 valence electrons. The summed E-state index contributed by atoms with van der Waals surface area (Å²) in [5, 5.41) is 5.80. The predicted octanol–water partition coefficient (Wildman–Crippen LogP) is 2.32. The van der Waals surface area contributed by atoms with Crippen molar-refractivity contribution >= 4 is 21.6 Å². The first kappa shape index (κ1) is 13.0. The Labute approximate surface area is 119 Å². The van der Waals surface area contributed by atoms with Crippen molar-refractivity contribution in [2.75, 3.05) is 0 Å². The van der Waals surface area contributed by atoms with Gasteiger partial charge in [0.1, 0.15) is 10.7 Å². The number of rotatable bonds is 3. The van der Waals surface area contributed by atoms with Crippen molar-refractivity contribution in [3.8, 4) is 0 Å². The average molecular weight is 290 g/mol. The maximum Gasteiger partial charge on any atom is 0.272 e. The molecule has 0 bridgehead atoms. The van der Waals surface area contributed by atoms with Gasteiger partial charge in [-0.25, -0.2) is 4.98 Å². The van der Waals surface area contributed by atoms with Gasteiger partial charge in [-0.15, -0.1) is 11.3 Å². The number of hydrogen-bond donors (Lipinski definition) is 0. The highest BCUT2D eigenvalue weighted by molar-refractivity contribution is 7.17. The Morgan fingerprint density at radius 2 is 2.30 bits per heavy atom. The van der Waals surface area contributed by atoms with Crippen molar-refractivity contribution in [1.82, 2.24) is 19.7 Å². The molecule has 1 unspecified atom stereocenters. The summed E-state index contributed by atoms with van der Waals surface area (Å²) >= 11 is 1.41. The van der Waals surface area contributed by atoms with Gasteiger partial charge in [0, 0.05) is 6.42 Å². The Morgan fingerprint density at radius 3 is 3.00 bits per heavy atom. The van der Waals surface area contributed by atoms with E-state index in [0.717, 1.165) is 11.1 Å². The SMILES string of the molecule is CCc1noc(C(C)n2cnc3c(C)csc3c2=O)n1. The van der Waals surface area contributed by atoms with E-state index in [9.17, 15) is 4.79 Å². The second kappa shape index (κ2) is 4.82. The van der Waals surface area contributed by atoms with Gasteiger partial charge in [0.05, 0.1) is 11.8 Å². The Hall–Kier alpha value is -2.02. The minimum absolute atomic E-state index is 0.0724.